The number of nitrogens with zero attached hydrogens (tertiary/aromatic N) is 5. The largest absolute Gasteiger partial charge is 0.433 e. The van der Waals surface area contributed by atoms with E-state index in [1.807, 2.05) is 14.1 Å². The Morgan fingerprint density at radius 2 is 1.89 bits per heavy atom. The van der Waals surface area contributed by atoms with Crippen LogP contribution in [0.2, 0.25) is 0 Å². The van der Waals surface area contributed by atoms with E-state index in [1.54, 1.807) is 23.4 Å². The summed E-state index contributed by atoms with van der Waals surface area (Å²) in [5, 5.41) is 2.57. The third-order valence-corrected chi connectivity index (χ3v) is 3.32. The standard InChI is InChI=1S/C17H19F3N6O/c1-11-8-13(17(18,19)20)25-14(24-11)6-7-21-15(27)5-4-12-9-22-16(23-10-12)26(2)3/h4-5,8-10H,6-7H2,1-3H3,(H,21,27). The molecule has 0 saturated carbocycles. The van der Waals surface area contributed by atoms with E-state index in [-0.39, 0.29) is 24.5 Å². The molecule has 0 fully saturated rings. The van der Waals surface area contributed by atoms with Crippen LogP contribution in [0.4, 0.5) is 19.1 Å². The first kappa shape index (κ1) is 20.3. The molecule has 0 aliphatic carbocycles. The SMILES string of the molecule is Cc1cc(C(F)(F)F)nc(CCNC(=O)C=Cc2cnc(N(C)C)nc2)n1. The maximum absolute atomic E-state index is 12.7. The fourth-order valence-corrected chi connectivity index (χ4v) is 2.06. The van der Waals surface area contributed by atoms with E-state index in [0.29, 0.717) is 11.5 Å². The van der Waals surface area contributed by atoms with Gasteiger partial charge in [0.15, 0.2) is 0 Å². The highest BCUT2D eigenvalue weighted by atomic mass is 19.4. The molecule has 1 amide bonds. The van der Waals surface area contributed by atoms with Gasteiger partial charge in [0.1, 0.15) is 11.5 Å². The van der Waals surface area contributed by atoms with Gasteiger partial charge in [0.05, 0.1) is 0 Å². The lowest BCUT2D eigenvalue weighted by Gasteiger charge is -2.09. The Hall–Kier alpha value is -3.04. The van der Waals surface area contributed by atoms with Crippen molar-refractivity contribution in [3.05, 3.63) is 47.3 Å². The van der Waals surface area contributed by atoms with Gasteiger partial charge in [0.2, 0.25) is 11.9 Å². The van der Waals surface area contributed by atoms with Gasteiger partial charge in [-0.05, 0) is 19.1 Å². The number of rotatable bonds is 6. The minimum Gasteiger partial charge on any atom is -0.352 e. The second-order valence-electron chi connectivity index (χ2n) is 5.89. The number of hydrogen-bond donors (Lipinski definition) is 1. The molecule has 1 N–H and O–H groups in total. The molecule has 144 valence electrons. The zero-order chi connectivity index (χ0) is 20.0. The molecule has 10 heteroatoms. The van der Waals surface area contributed by atoms with Crippen LogP contribution in [0, 0.1) is 6.92 Å². The number of aromatic nitrogens is 4. The number of carbonyl (C=O) groups is 1. The lowest BCUT2D eigenvalue weighted by Crippen LogP contribution is -2.24. The summed E-state index contributed by atoms with van der Waals surface area (Å²) in [6, 6.07) is 0.883. The molecule has 0 aromatic carbocycles. The fraction of sp³-hybridized carbons (Fsp3) is 0.353. The summed E-state index contributed by atoms with van der Waals surface area (Å²) in [5.74, 6) is 0.183. The van der Waals surface area contributed by atoms with E-state index in [1.165, 1.54) is 13.0 Å². The number of hydrogen-bond acceptors (Lipinski definition) is 6. The molecule has 0 aliphatic heterocycles. The maximum atomic E-state index is 12.7. The second-order valence-corrected chi connectivity index (χ2v) is 5.89. The lowest BCUT2D eigenvalue weighted by molar-refractivity contribution is -0.141. The van der Waals surface area contributed by atoms with Crippen molar-refractivity contribution in [3.8, 4) is 0 Å². The number of alkyl halides is 3. The highest BCUT2D eigenvalue weighted by Crippen LogP contribution is 2.27. The molecule has 7 nitrogen and oxygen atoms in total. The van der Waals surface area contributed by atoms with Gasteiger partial charge >= 0.3 is 6.18 Å². The van der Waals surface area contributed by atoms with Gasteiger partial charge < -0.3 is 10.2 Å². The predicted octanol–water partition coefficient (Wildman–Crippen LogP) is 2.03. The molecule has 0 unspecified atom stereocenters. The normalized spacial score (nSPS) is 11.6. The number of halogens is 3. The van der Waals surface area contributed by atoms with Crippen molar-refractivity contribution < 1.29 is 18.0 Å². The van der Waals surface area contributed by atoms with Crippen molar-refractivity contribution in [1.29, 1.82) is 0 Å². The fourth-order valence-electron chi connectivity index (χ4n) is 2.06. The van der Waals surface area contributed by atoms with E-state index in [4.69, 9.17) is 0 Å². The highest BCUT2D eigenvalue weighted by Gasteiger charge is 2.33. The number of amides is 1. The molecule has 0 spiro atoms. The number of nitrogens with one attached hydrogen (secondary N) is 1. The van der Waals surface area contributed by atoms with Crippen molar-refractivity contribution in [3.63, 3.8) is 0 Å². The summed E-state index contributed by atoms with van der Waals surface area (Å²) in [7, 11) is 3.63. The van der Waals surface area contributed by atoms with E-state index >= 15 is 0 Å². The Labute approximate surface area is 154 Å². The van der Waals surface area contributed by atoms with Gasteiger partial charge in [-0.2, -0.15) is 13.2 Å². The molecule has 2 rings (SSSR count). The number of carbonyl (C=O) groups excluding carboxylic acids is 1. The molecule has 27 heavy (non-hydrogen) atoms. The topological polar surface area (TPSA) is 83.9 Å². The van der Waals surface area contributed by atoms with Crippen LogP contribution in [0.1, 0.15) is 22.8 Å². The van der Waals surface area contributed by atoms with Crippen LogP contribution in [0.25, 0.3) is 6.08 Å². The first-order valence-electron chi connectivity index (χ1n) is 8.02. The molecular formula is C17H19F3N6O. The van der Waals surface area contributed by atoms with E-state index in [9.17, 15) is 18.0 Å². The summed E-state index contributed by atoms with van der Waals surface area (Å²) in [6.07, 6.45) is 1.55. The molecule has 0 atom stereocenters. The molecule has 2 aromatic rings. The minimum absolute atomic E-state index is 0.0271. The van der Waals surface area contributed by atoms with Gasteiger partial charge in [-0.3, -0.25) is 4.79 Å². The Kier molecular flexibility index (Phi) is 6.43. The van der Waals surface area contributed by atoms with Gasteiger partial charge in [0.25, 0.3) is 0 Å². The van der Waals surface area contributed by atoms with E-state index in [2.05, 4.69) is 25.3 Å². The average molecular weight is 380 g/mol. The molecule has 0 bridgehead atoms. The van der Waals surface area contributed by atoms with Gasteiger partial charge in [-0.15, -0.1) is 0 Å². The second kappa shape index (κ2) is 8.56. The summed E-state index contributed by atoms with van der Waals surface area (Å²) in [6.45, 7) is 1.57. The van der Waals surface area contributed by atoms with Crippen molar-refractivity contribution >= 4 is 17.9 Å². The monoisotopic (exact) mass is 380 g/mol. The quantitative estimate of drug-likeness (QED) is 0.772. The molecular weight excluding hydrogens is 361 g/mol. The van der Waals surface area contributed by atoms with Crippen molar-refractivity contribution in [2.45, 2.75) is 19.5 Å². The first-order valence-corrected chi connectivity index (χ1v) is 8.02. The minimum atomic E-state index is -4.53. The molecule has 0 radical (unpaired) electrons. The van der Waals surface area contributed by atoms with Gasteiger partial charge in [-0.1, -0.05) is 0 Å². The Morgan fingerprint density at radius 1 is 1.22 bits per heavy atom. The zero-order valence-electron chi connectivity index (χ0n) is 15.1. The van der Waals surface area contributed by atoms with Crippen LogP contribution in [0.5, 0.6) is 0 Å². The van der Waals surface area contributed by atoms with Gasteiger partial charge in [0, 0.05) is 56.8 Å². The van der Waals surface area contributed by atoms with Crippen LogP contribution in [-0.4, -0.2) is 46.5 Å². The Balaban J connectivity index is 1.88. The number of anilines is 1. The summed E-state index contributed by atoms with van der Waals surface area (Å²) in [4.78, 5) is 29.2. The zero-order valence-corrected chi connectivity index (χ0v) is 15.1. The average Bonchev–Trinajstić information content (AvgIpc) is 2.59. The van der Waals surface area contributed by atoms with Crippen LogP contribution < -0.4 is 10.2 Å². The van der Waals surface area contributed by atoms with E-state index < -0.39 is 17.8 Å². The van der Waals surface area contributed by atoms with Crippen molar-refractivity contribution in [1.82, 2.24) is 25.3 Å². The third-order valence-electron chi connectivity index (χ3n) is 3.32. The Bertz CT molecular complexity index is 818. The molecule has 0 aliphatic rings. The smallest absolute Gasteiger partial charge is 0.352 e. The highest BCUT2D eigenvalue weighted by molar-refractivity contribution is 5.91. The summed E-state index contributed by atoms with van der Waals surface area (Å²) >= 11 is 0. The number of aryl methyl sites for hydroxylation is 1. The Morgan fingerprint density at radius 3 is 2.48 bits per heavy atom. The summed E-state index contributed by atoms with van der Waals surface area (Å²) < 4.78 is 38.2. The van der Waals surface area contributed by atoms with Crippen molar-refractivity contribution in [2.75, 3.05) is 25.5 Å². The van der Waals surface area contributed by atoms with Crippen LogP contribution in [0.3, 0.4) is 0 Å². The van der Waals surface area contributed by atoms with Crippen LogP contribution >= 0.6 is 0 Å². The predicted molar refractivity (Wildman–Crippen MR) is 93.9 cm³/mol. The van der Waals surface area contributed by atoms with Gasteiger partial charge in [-0.25, -0.2) is 19.9 Å². The van der Waals surface area contributed by atoms with Crippen molar-refractivity contribution in [2.24, 2.45) is 0 Å². The molecule has 2 heterocycles. The van der Waals surface area contributed by atoms with Crippen LogP contribution in [0.15, 0.2) is 24.5 Å². The third kappa shape index (κ3) is 6.32. The molecule has 2 aromatic heterocycles. The maximum Gasteiger partial charge on any atom is 0.433 e. The summed E-state index contributed by atoms with van der Waals surface area (Å²) in [5.41, 5.74) is -0.121. The van der Waals surface area contributed by atoms with E-state index in [0.717, 1.165) is 6.07 Å². The molecule has 0 saturated heterocycles. The first-order chi connectivity index (χ1) is 12.6. The van der Waals surface area contributed by atoms with Crippen LogP contribution in [-0.2, 0) is 17.4 Å². The lowest BCUT2D eigenvalue weighted by atomic mass is 10.3.